The molecule has 1 heterocycles. The number of nitrogen functional groups attached to an aromatic ring is 1. The third kappa shape index (κ3) is 3.04. The Balaban J connectivity index is 2.09. The van der Waals surface area contributed by atoms with E-state index < -0.39 is 0 Å². The largest absolute Gasteiger partial charge is 0.399 e. The Labute approximate surface area is 110 Å². The summed E-state index contributed by atoms with van der Waals surface area (Å²) in [5.41, 5.74) is 7.19. The first kappa shape index (κ1) is 13.0. The second-order valence-corrected chi connectivity index (χ2v) is 5.44. The van der Waals surface area contributed by atoms with Crippen molar-refractivity contribution in [1.29, 1.82) is 0 Å². The Morgan fingerprint density at radius 2 is 2.17 bits per heavy atom. The highest BCUT2D eigenvalue weighted by molar-refractivity contribution is 7.98. The molecule has 2 rings (SSSR count). The molecule has 18 heavy (non-hydrogen) atoms. The quantitative estimate of drug-likeness (QED) is 0.680. The van der Waals surface area contributed by atoms with Crippen LogP contribution in [0.4, 0.5) is 10.1 Å². The van der Waals surface area contributed by atoms with Gasteiger partial charge in [0.15, 0.2) is 0 Å². The van der Waals surface area contributed by atoms with Crippen molar-refractivity contribution in [2.45, 2.75) is 30.5 Å². The highest BCUT2D eigenvalue weighted by atomic mass is 32.2. The number of hydrogen-bond donors (Lipinski definition) is 1. The molecule has 0 saturated heterocycles. The van der Waals surface area contributed by atoms with Crippen molar-refractivity contribution in [3.05, 3.63) is 42.2 Å². The summed E-state index contributed by atoms with van der Waals surface area (Å²) in [5.74, 6) is 0.455. The van der Waals surface area contributed by atoms with Crippen LogP contribution in [0, 0.1) is 5.82 Å². The normalized spacial score (nSPS) is 11.1. The molecule has 0 fully saturated rings. The van der Waals surface area contributed by atoms with E-state index in [2.05, 4.69) is 23.4 Å². The van der Waals surface area contributed by atoms with E-state index in [1.54, 1.807) is 17.8 Å². The number of aromatic nitrogens is 2. The van der Waals surface area contributed by atoms with Gasteiger partial charge in [-0.1, -0.05) is 0 Å². The smallest absolute Gasteiger partial charge is 0.126 e. The predicted octanol–water partition coefficient (Wildman–Crippen LogP) is 3.48. The predicted molar refractivity (Wildman–Crippen MR) is 73.0 cm³/mol. The third-order valence-corrected chi connectivity index (χ3v) is 3.59. The molecule has 0 radical (unpaired) electrons. The Kier molecular flexibility index (Phi) is 3.91. The van der Waals surface area contributed by atoms with Crippen LogP contribution in [-0.4, -0.2) is 9.55 Å². The summed E-state index contributed by atoms with van der Waals surface area (Å²) in [6, 6.07) is 4.98. The van der Waals surface area contributed by atoms with E-state index in [1.807, 2.05) is 12.5 Å². The first-order valence-electron chi connectivity index (χ1n) is 5.76. The molecule has 1 aromatic carbocycles. The summed E-state index contributed by atoms with van der Waals surface area (Å²) in [4.78, 5) is 4.98. The maximum Gasteiger partial charge on any atom is 0.126 e. The topological polar surface area (TPSA) is 43.8 Å². The number of benzene rings is 1. The van der Waals surface area contributed by atoms with Crippen LogP contribution >= 0.6 is 11.8 Å². The average Bonchev–Trinajstić information content (AvgIpc) is 2.73. The van der Waals surface area contributed by atoms with E-state index in [1.165, 1.54) is 12.1 Å². The molecule has 0 aliphatic carbocycles. The molecule has 5 heteroatoms. The highest BCUT2D eigenvalue weighted by Gasteiger charge is 2.06. The van der Waals surface area contributed by atoms with Gasteiger partial charge in [-0.05, 0) is 32.0 Å². The van der Waals surface area contributed by atoms with Crippen molar-refractivity contribution >= 4 is 17.4 Å². The van der Waals surface area contributed by atoms with Crippen molar-refractivity contribution in [3.63, 3.8) is 0 Å². The molecule has 2 aromatic rings. The van der Waals surface area contributed by atoms with Gasteiger partial charge < -0.3 is 10.3 Å². The van der Waals surface area contributed by atoms with Gasteiger partial charge in [-0.2, -0.15) is 0 Å². The summed E-state index contributed by atoms with van der Waals surface area (Å²) < 4.78 is 15.3. The molecule has 0 aliphatic rings. The number of anilines is 1. The van der Waals surface area contributed by atoms with E-state index in [0.29, 0.717) is 11.7 Å². The third-order valence-electron chi connectivity index (χ3n) is 2.58. The molecule has 0 spiro atoms. The lowest BCUT2D eigenvalue weighted by molar-refractivity contribution is 0.584. The number of halogens is 1. The molecule has 0 amide bonds. The van der Waals surface area contributed by atoms with Gasteiger partial charge in [-0.15, -0.1) is 11.8 Å². The van der Waals surface area contributed by atoms with Gasteiger partial charge in [0.25, 0.3) is 0 Å². The molecular weight excluding hydrogens is 249 g/mol. The Hall–Kier alpha value is -1.49. The van der Waals surface area contributed by atoms with Crippen LogP contribution in [0.5, 0.6) is 0 Å². The van der Waals surface area contributed by atoms with Crippen LogP contribution in [-0.2, 0) is 5.75 Å². The Bertz CT molecular complexity index is 517. The van der Waals surface area contributed by atoms with E-state index in [4.69, 9.17) is 5.73 Å². The number of rotatable bonds is 4. The molecule has 96 valence electrons. The lowest BCUT2D eigenvalue weighted by Crippen LogP contribution is -2.02. The zero-order valence-corrected chi connectivity index (χ0v) is 11.2. The highest BCUT2D eigenvalue weighted by Crippen LogP contribution is 2.26. The van der Waals surface area contributed by atoms with Crippen LogP contribution in [0.15, 0.2) is 35.6 Å². The zero-order chi connectivity index (χ0) is 13.1. The molecule has 0 saturated carbocycles. The second-order valence-electron chi connectivity index (χ2n) is 4.39. The summed E-state index contributed by atoms with van der Waals surface area (Å²) in [6.45, 7) is 4.21. The molecule has 0 bridgehead atoms. The number of imidazole rings is 1. The van der Waals surface area contributed by atoms with Gasteiger partial charge in [0.2, 0.25) is 0 Å². The molecule has 0 unspecified atom stereocenters. The Morgan fingerprint density at radius 3 is 2.83 bits per heavy atom. The summed E-state index contributed by atoms with van der Waals surface area (Å²) in [7, 11) is 0. The lowest BCUT2D eigenvalue weighted by atomic mass is 10.3. The molecule has 0 atom stereocenters. The minimum Gasteiger partial charge on any atom is -0.399 e. The van der Waals surface area contributed by atoms with Crippen molar-refractivity contribution in [2.75, 3.05) is 5.73 Å². The summed E-state index contributed by atoms with van der Waals surface area (Å²) in [5, 5.41) is 0. The fraction of sp³-hybridized carbons (Fsp3) is 0.308. The standard InChI is InChI=1S/C13H16FN3S/c1-9(2)17-8-16-6-12(17)7-18-13-4-10(14)3-11(15)5-13/h3-6,8-9H,7,15H2,1-2H3. The van der Waals surface area contributed by atoms with Gasteiger partial charge >= 0.3 is 0 Å². The van der Waals surface area contributed by atoms with Crippen LogP contribution in [0.1, 0.15) is 25.6 Å². The minimum atomic E-state index is -0.296. The van der Waals surface area contributed by atoms with Crippen molar-refractivity contribution < 1.29 is 4.39 Å². The zero-order valence-electron chi connectivity index (χ0n) is 10.4. The first-order valence-corrected chi connectivity index (χ1v) is 6.74. The van der Waals surface area contributed by atoms with Crippen molar-refractivity contribution in [1.82, 2.24) is 9.55 Å². The molecule has 2 N–H and O–H groups in total. The van der Waals surface area contributed by atoms with Gasteiger partial charge in [0.05, 0.1) is 6.33 Å². The summed E-state index contributed by atoms with van der Waals surface area (Å²) in [6.07, 6.45) is 3.66. The lowest BCUT2D eigenvalue weighted by Gasteiger charge is -2.11. The number of nitrogens with zero attached hydrogens (tertiary/aromatic N) is 2. The fourth-order valence-corrected chi connectivity index (χ4v) is 2.69. The number of thioether (sulfide) groups is 1. The molecular formula is C13H16FN3S. The van der Waals surface area contributed by atoms with E-state index >= 15 is 0 Å². The van der Waals surface area contributed by atoms with Gasteiger partial charge in [-0.3, -0.25) is 0 Å². The maximum absolute atomic E-state index is 13.2. The second kappa shape index (κ2) is 5.44. The van der Waals surface area contributed by atoms with Gasteiger partial charge in [0.1, 0.15) is 5.82 Å². The van der Waals surface area contributed by atoms with E-state index in [9.17, 15) is 4.39 Å². The maximum atomic E-state index is 13.2. The van der Waals surface area contributed by atoms with Crippen LogP contribution in [0.2, 0.25) is 0 Å². The first-order chi connectivity index (χ1) is 8.56. The average molecular weight is 265 g/mol. The van der Waals surface area contributed by atoms with Gasteiger partial charge in [-0.25, -0.2) is 9.37 Å². The molecule has 3 nitrogen and oxygen atoms in total. The van der Waals surface area contributed by atoms with Crippen LogP contribution < -0.4 is 5.73 Å². The SMILES string of the molecule is CC(C)n1cncc1CSc1cc(N)cc(F)c1. The molecule has 0 aliphatic heterocycles. The monoisotopic (exact) mass is 265 g/mol. The fourth-order valence-electron chi connectivity index (χ4n) is 1.73. The Morgan fingerprint density at radius 1 is 1.39 bits per heavy atom. The van der Waals surface area contributed by atoms with E-state index in [0.717, 1.165) is 16.3 Å². The molecule has 1 aromatic heterocycles. The van der Waals surface area contributed by atoms with Crippen LogP contribution in [0.3, 0.4) is 0 Å². The number of nitrogens with two attached hydrogens (primary N) is 1. The van der Waals surface area contributed by atoms with Crippen molar-refractivity contribution in [2.24, 2.45) is 0 Å². The summed E-state index contributed by atoms with van der Waals surface area (Å²) >= 11 is 1.56. The minimum absolute atomic E-state index is 0.296. The van der Waals surface area contributed by atoms with Gasteiger partial charge in [0, 0.05) is 34.3 Å². The van der Waals surface area contributed by atoms with E-state index in [-0.39, 0.29) is 5.82 Å². The van der Waals surface area contributed by atoms with Crippen molar-refractivity contribution in [3.8, 4) is 0 Å². The number of hydrogen-bond acceptors (Lipinski definition) is 3. The van der Waals surface area contributed by atoms with Crippen LogP contribution in [0.25, 0.3) is 0 Å².